The molecule has 3 aromatic rings. The molecule has 2 nitrogen and oxygen atoms in total. The van der Waals surface area contributed by atoms with Crippen LogP contribution in [0.15, 0.2) is 40.9 Å². The van der Waals surface area contributed by atoms with Gasteiger partial charge in [0.05, 0.1) is 27.6 Å². The molecule has 1 aromatic heterocycles. The zero-order valence-electron chi connectivity index (χ0n) is 10.7. The maximum absolute atomic E-state index is 6.37. The second kappa shape index (κ2) is 5.40. The molecule has 0 fully saturated rings. The van der Waals surface area contributed by atoms with E-state index in [2.05, 4.69) is 33.9 Å². The van der Waals surface area contributed by atoms with Crippen molar-refractivity contribution in [2.45, 2.75) is 12.8 Å². The van der Waals surface area contributed by atoms with Gasteiger partial charge in [0.1, 0.15) is 5.82 Å². The number of halogens is 3. The Labute approximate surface area is 135 Å². The van der Waals surface area contributed by atoms with Gasteiger partial charge in [-0.1, -0.05) is 33.6 Å². The zero-order chi connectivity index (χ0) is 14.3. The smallest absolute Gasteiger partial charge is 0.129 e. The third kappa shape index (κ3) is 2.34. The summed E-state index contributed by atoms with van der Waals surface area (Å²) in [6.45, 7) is 2.06. The molecule has 0 aliphatic rings. The van der Waals surface area contributed by atoms with Crippen molar-refractivity contribution in [1.29, 1.82) is 0 Å². The van der Waals surface area contributed by atoms with Gasteiger partial charge in [-0.05, 0) is 42.8 Å². The molecule has 0 aliphatic carbocycles. The highest BCUT2D eigenvalue weighted by molar-refractivity contribution is 9.10. The molecule has 2 aromatic carbocycles. The number of alkyl halides is 1. The molecule has 20 heavy (non-hydrogen) atoms. The molecule has 0 N–H and O–H groups in total. The molecule has 0 aliphatic heterocycles. The molecular weight excluding hydrogens is 359 g/mol. The minimum absolute atomic E-state index is 0.333. The SMILES string of the molecule is Cc1ccc2nc(CCl)n(-c3ccc(Br)cc3Cl)c2c1. The molecule has 0 saturated heterocycles. The average molecular weight is 370 g/mol. The molecule has 0 radical (unpaired) electrons. The van der Waals surface area contributed by atoms with Gasteiger partial charge in [0, 0.05) is 4.47 Å². The van der Waals surface area contributed by atoms with Crippen molar-refractivity contribution < 1.29 is 0 Å². The highest BCUT2D eigenvalue weighted by Gasteiger charge is 2.14. The lowest BCUT2D eigenvalue weighted by Crippen LogP contribution is -2.00. The first-order valence-electron chi connectivity index (χ1n) is 6.09. The molecule has 1 heterocycles. The summed E-state index contributed by atoms with van der Waals surface area (Å²) in [5.74, 6) is 1.12. The molecule has 0 atom stereocenters. The molecule has 0 saturated carbocycles. The van der Waals surface area contributed by atoms with Crippen molar-refractivity contribution in [3.8, 4) is 5.69 Å². The number of imidazole rings is 1. The van der Waals surface area contributed by atoms with Gasteiger partial charge in [0.25, 0.3) is 0 Å². The van der Waals surface area contributed by atoms with Gasteiger partial charge < -0.3 is 0 Å². The van der Waals surface area contributed by atoms with Crippen LogP contribution in [0.3, 0.4) is 0 Å². The van der Waals surface area contributed by atoms with E-state index in [9.17, 15) is 0 Å². The third-order valence-corrected chi connectivity index (χ3v) is 4.18. The highest BCUT2D eigenvalue weighted by atomic mass is 79.9. The van der Waals surface area contributed by atoms with Gasteiger partial charge in [0.2, 0.25) is 0 Å². The van der Waals surface area contributed by atoms with Crippen molar-refractivity contribution >= 4 is 50.2 Å². The monoisotopic (exact) mass is 368 g/mol. The number of rotatable bonds is 2. The van der Waals surface area contributed by atoms with E-state index >= 15 is 0 Å². The van der Waals surface area contributed by atoms with Crippen LogP contribution in [-0.2, 0) is 5.88 Å². The summed E-state index contributed by atoms with van der Waals surface area (Å²) >= 11 is 15.8. The molecule has 5 heteroatoms. The molecule has 0 spiro atoms. The summed E-state index contributed by atoms with van der Waals surface area (Å²) in [6.07, 6.45) is 0. The normalized spacial score (nSPS) is 11.2. The Kier molecular flexibility index (Phi) is 3.76. The van der Waals surface area contributed by atoms with Crippen molar-refractivity contribution in [2.75, 3.05) is 0 Å². The predicted molar refractivity (Wildman–Crippen MR) is 88.1 cm³/mol. The number of aryl methyl sites for hydroxylation is 1. The fourth-order valence-corrected chi connectivity index (χ4v) is 3.19. The van der Waals surface area contributed by atoms with E-state index in [4.69, 9.17) is 23.2 Å². The van der Waals surface area contributed by atoms with Crippen LogP contribution in [0.4, 0.5) is 0 Å². The standard InChI is InChI=1S/C15H11BrCl2N2/c1-9-2-4-12-14(6-9)20(15(8-17)19-12)13-5-3-10(16)7-11(13)18/h2-7H,8H2,1H3. The first-order valence-corrected chi connectivity index (χ1v) is 7.80. The Morgan fingerprint density at radius 3 is 2.70 bits per heavy atom. The van der Waals surface area contributed by atoms with E-state index in [0.29, 0.717) is 10.9 Å². The second-order valence-electron chi connectivity index (χ2n) is 4.58. The molecule has 102 valence electrons. The summed E-state index contributed by atoms with van der Waals surface area (Å²) in [5.41, 5.74) is 4.00. The van der Waals surface area contributed by atoms with Crippen LogP contribution in [0.25, 0.3) is 16.7 Å². The van der Waals surface area contributed by atoms with E-state index in [0.717, 1.165) is 27.0 Å². The van der Waals surface area contributed by atoms with Crippen LogP contribution < -0.4 is 0 Å². The van der Waals surface area contributed by atoms with Gasteiger partial charge >= 0.3 is 0 Å². The van der Waals surface area contributed by atoms with Gasteiger partial charge in [-0.2, -0.15) is 0 Å². The number of benzene rings is 2. The van der Waals surface area contributed by atoms with E-state index < -0.39 is 0 Å². The average Bonchev–Trinajstić information content (AvgIpc) is 2.76. The van der Waals surface area contributed by atoms with Crippen LogP contribution in [0.2, 0.25) is 5.02 Å². The largest absolute Gasteiger partial charge is 0.294 e. The van der Waals surface area contributed by atoms with Crippen LogP contribution in [-0.4, -0.2) is 9.55 Å². The second-order valence-corrected chi connectivity index (χ2v) is 6.18. The zero-order valence-corrected chi connectivity index (χ0v) is 13.8. The fraction of sp³-hybridized carbons (Fsp3) is 0.133. The number of hydrogen-bond acceptors (Lipinski definition) is 1. The van der Waals surface area contributed by atoms with Crippen molar-refractivity contribution in [3.63, 3.8) is 0 Å². The quantitative estimate of drug-likeness (QED) is 0.546. The number of hydrogen-bond donors (Lipinski definition) is 0. The molecule has 0 bridgehead atoms. The lowest BCUT2D eigenvalue weighted by molar-refractivity contribution is 0.981. The van der Waals surface area contributed by atoms with Gasteiger partial charge in [-0.3, -0.25) is 4.57 Å². The Balaban J connectivity index is 2.36. The summed E-state index contributed by atoms with van der Waals surface area (Å²) in [7, 11) is 0. The molecular formula is C15H11BrCl2N2. The number of aromatic nitrogens is 2. The lowest BCUT2D eigenvalue weighted by Gasteiger charge is -2.10. The summed E-state index contributed by atoms with van der Waals surface area (Å²) in [4.78, 5) is 4.57. The van der Waals surface area contributed by atoms with E-state index in [1.165, 1.54) is 5.56 Å². The molecule has 0 unspecified atom stereocenters. The van der Waals surface area contributed by atoms with E-state index in [1.807, 2.05) is 34.9 Å². The Morgan fingerprint density at radius 1 is 1.20 bits per heavy atom. The third-order valence-electron chi connectivity index (χ3n) is 3.15. The van der Waals surface area contributed by atoms with Crippen molar-refractivity contribution in [2.24, 2.45) is 0 Å². The van der Waals surface area contributed by atoms with Crippen LogP contribution in [0.5, 0.6) is 0 Å². The molecule has 3 rings (SSSR count). The van der Waals surface area contributed by atoms with Crippen LogP contribution in [0.1, 0.15) is 11.4 Å². The maximum atomic E-state index is 6.37. The Bertz CT molecular complexity index is 796. The van der Waals surface area contributed by atoms with Gasteiger partial charge in [-0.25, -0.2) is 4.98 Å². The fourth-order valence-electron chi connectivity index (χ4n) is 2.26. The van der Waals surface area contributed by atoms with Crippen LogP contribution in [0, 0.1) is 6.92 Å². The van der Waals surface area contributed by atoms with Crippen molar-refractivity contribution in [3.05, 3.63) is 57.3 Å². The Hall–Kier alpha value is -1.03. The topological polar surface area (TPSA) is 17.8 Å². The van der Waals surface area contributed by atoms with Crippen molar-refractivity contribution in [1.82, 2.24) is 9.55 Å². The summed E-state index contributed by atoms with van der Waals surface area (Å²) in [5, 5.41) is 0.659. The minimum atomic E-state index is 0.333. The Morgan fingerprint density at radius 2 is 2.00 bits per heavy atom. The van der Waals surface area contributed by atoms with E-state index in [1.54, 1.807) is 0 Å². The summed E-state index contributed by atoms with van der Waals surface area (Å²) < 4.78 is 2.96. The maximum Gasteiger partial charge on any atom is 0.129 e. The van der Waals surface area contributed by atoms with Gasteiger partial charge in [0.15, 0.2) is 0 Å². The lowest BCUT2D eigenvalue weighted by atomic mass is 10.2. The first kappa shape index (κ1) is 13.9. The number of fused-ring (bicyclic) bond motifs is 1. The first-order chi connectivity index (χ1) is 9.60. The minimum Gasteiger partial charge on any atom is -0.294 e. The predicted octanol–water partition coefficient (Wildman–Crippen LogP) is 5.49. The van der Waals surface area contributed by atoms with Crippen LogP contribution >= 0.6 is 39.1 Å². The highest BCUT2D eigenvalue weighted by Crippen LogP contribution is 2.30. The molecule has 0 amide bonds. The summed E-state index contributed by atoms with van der Waals surface area (Å²) in [6, 6.07) is 11.9. The number of nitrogens with zero attached hydrogens (tertiary/aromatic N) is 2. The van der Waals surface area contributed by atoms with Gasteiger partial charge in [-0.15, -0.1) is 11.6 Å². The van der Waals surface area contributed by atoms with E-state index in [-0.39, 0.29) is 0 Å².